The molecule has 7 nitrogen and oxygen atoms in total. The molecule has 1 N–H and O–H groups in total. The van der Waals surface area contributed by atoms with Crippen molar-refractivity contribution in [3.05, 3.63) is 59.5 Å². The summed E-state index contributed by atoms with van der Waals surface area (Å²) in [4.78, 5) is 16.6. The lowest BCUT2D eigenvalue weighted by Gasteiger charge is -2.08. The van der Waals surface area contributed by atoms with E-state index in [0.717, 1.165) is 5.56 Å². The van der Waals surface area contributed by atoms with Gasteiger partial charge in [0.25, 0.3) is 0 Å². The predicted octanol–water partition coefficient (Wildman–Crippen LogP) is 3.77. The highest BCUT2D eigenvalue weighted by molar-refractivity contribution is 7.90. The van der Waals surface area contributed by atoms with E-state index in [1.54, 1.807) is 50.6 Å². The van der Waals surface area contributed by atoms with Crippen LogP contribution in [0.15, 0.2) is 53.9 Å². The van der Waals surface area contributed by atoms with E-state index in [9.17, 15) is 13.2 Å². The van der Waals surface area contributed by atoms with Crippen LogP contribution in [-0.4, -0.2) is 39.3 Å². The normalized spacial score (nSPS) is 11.1. The summed E-state index contributed by atoms with van der Waals surface area (Å²) < 4.78 is 35.0. The van der Waals surface area contributed by atoms with Gasteiger partial charge in [0, 0.05) is 17.4 Å². The molecule has 0 aliphatic rings. The van der Waals surface area contributed by atoms with Crippen LogP contribution < -0.4 is 14.8 Å². The smallest absolute Gasteiger partial charge is 0.227 e. The monoisotopic (exact) mass is 446 g/mol. The Kier molecular flexibility index (Phi) is 7.07. The minimum atomic E-state index is -3.38. The van der Waals surface area contributed by atoms with Crippen molar-refractivity contribution in [2.24, 2.45) is 0 Å². The maximum absolute atomic E-state index is 12.2. The lowest BCUT2D eigenvalue weighted by molar-refractivity contribution is -0.115. The molecule has 0 aliphatic carbocycles. The molecule has 0 fully saturated rings. The summed E-state index contributed by atoms with van der Waals surface area (Å²) in [6.45, 7) is 0. The third-order valence-electron chi connectivity index (χ3n) is 4.30. The second-order valence-electron chi connectivity index (χ2n) is 6.48. The summed E-state index contributed by atoms with van der Waals surface area (Å²) in [5.74, 6) is 0.502. The summed E-state index contributed by atoms with van der Waals surface area (Å²) in [6, 6.07) is 14.3. The lowest BCUT2D eigenvalue weighted by Crippen LogP contribution is -2.18. The van der Waals surface area contributed by atoms with Crippen molar-refractivity contribution in [1.29, 1.82) is 0 Å². The number of hydrogen-bond donors (Lipinski definition) is 1. The number of carbonyl (C=O) groups is 1. The molecule has 158 valence electrons. The molecule has 0 unspecified atom stereocenters. The van der Waals surface area contributed by atoms with Gasteiger partial charge in [0.05, 0.1) is 31.4 Å². The average Bonchev–Trinajstić information content (AvgIpc) is 3.20. The first-order valence-electron chi connectivity index (χ1n) is 9.12. The van der Waals surface area contributed by atoms with E-state index in [2.05, 4.69) is 10.3 Å². The maximum Gasteiger partial charge on any atom is 0.227 e. The van der Waals surface area contributed by atoms with Crippen molar-refractivity contribution in [2.45, 2.75) is 12.2 Å². The Morgan fingerprint density at radius 1 is 1.07 bits per heavy atom. The summed E-state index contributed by atoms with van der Waals surface area (Å²) in [5.41, 5.74) is 2.19. The van der Waals surface area contributed by atoms with E-state index >= 15 is 0 Å². The lowest BCUT2D eigenvalue weighted by atomic mass is 10.1. The first-order valence-corrected chi connectivity index (χ1v) is 11.8. The molecule has 0 saturated heterocycles. The van der Waals surface area contributed by atoms with E-state index in [4.69, 9.17) is 9.47 Å². The topological polar surface area (TPSA) is 94.6 Å². The van der Waals surface area contributed by atoms with E-state index in [1.165, 1.54) is 11.3 Å². The summed E-state index contributed by atoms with van der Waals surface area (Å²) in [7, 11) is -0.258. The number of amides is 1. The van der Waals surface area contributed by atoms with Gasteiger partial charge in [0.2, 0.25) is 5.91 Å². The molecule has 0 atom stereocenters. The van der Waals surface area contributed by atoms with E-state index in [-0.39, 0.29) is 23.8 Å². The Labute approximate surface area is 179 Å². The van der Waals surface area contributed by atoms with Crippen molar-refractivity contribution in [3.8, 4) is 22.8 Å². The fraction of sp³-hybridized carbons (Fsp3) is 0.238. The second kappa shape index (κ2) is 9.73. The number of nitrogens with zero attached hydrogens (tertiary/aromatic N) is 1. The zero-order valence-electron chi connectivity index (χ0n) is 16.6. The third-order valence-corrected chi connectivity index (χ3v) is 6.66. The Morgan fingerprint density at radius 3 is 2.50 bits per heavy atom. The van der Waals surface area contributed by atoms with Crippen LogP contribution in [0.4, 0.5) is 5.13 Å². The maximum atomic E-state index is 12.2. The minimum Gasteiger partial charge on any atom is -0.493 e. The van der Waals surface area contributed by atoms with Crippen molar-refractivity contribution < 1.29 is 22.7 Å². The van der Waals surface area contributed by atoms with Crippen LogP contribution in [0.5, 0.6) is 11.5 Å². The highest BCUT2D eigenvalue weighted by Gasteiger charge is 2.16. The summed E-state index contributed by atoms with van der Waals surface area (Å²) >= 11 is 1.27. The predicted molar refractivity (Wildman–Crippen MR) is 118 cm³/mol. The number of benzene rings is 2. The highest BCUT2D eigenvalue weighted by atomic mass is 32.2. The molecule has 1 amide bonds. The van der Waals surface area contributed by atoms with Crippen LogP contribution in [0.2, 0.25) is 0 Å². The van der Waals surface area contributed by atoms with Gasteiger partial charge in [-0.2, -0.15) is 0 Å². The van der Waals surface area contributed by atoms with Gasteiger partial charge in [-0.1, -0.05) is 30.3 Å². The van der Waals surface area contributed by atoms with E-state index in [1.807, 2.05) is 17.5 Å². The number of sulfone groups is 1. The van der Waals surface area contributed by atoms with Crippen LogP contribution in [0, 0.1) is 0 Å². The molecular weight excluding hydrogens is 424 g/mol. The zero-order chi connectivity index (χ0) is 21.6. The van der Waals surface area contributed by atoms with Gasteiger partial charge < -0.3 is 14.8 Å². The molecule has 0 aliphatic heterocycles. The van der Waals surface area contributed by atoms with Gasteiger partial charge in [0.15, 0.2) is 26.5 Å². The molecule has 9 heteroatoms. The van der Waals surface area contributed by atoms with Crippen LogP contribution in [0.3, 0.4) is 0 Å². The number of thiazole rings is 1. The van der Waals surface area contributed by atoms with Crippen molar-refractivity contribution in [2.75, 3.05) is 25.3 Å². The number of methoxy groups -OCH3 is 2. The van der Waals surface area contributed by atoms with Gasteiger partial charge in [-0.25, -0.2) is 13.4 Å². The molecule has 3 rings (SSSR count). The van der Waals surface area contributed by atoms with Crippen molar-refractivity contribution in [3.63, 3.8) is 0 Å². The molecule has 0 saturated carbocycles. The Morgan fingerprint density at radius 2 is 1.80 bits per heavy atom. The molecule has 3 aromatic rings. The Hall–Kier alpha value is -2.91. The first-order chi connectivity index (χ1) is 14.4. The molecule has 2 aromatic carbocycles. The van der Waals surface area contributed by atoms with Crippen LogP contribution in [-0.2, 0) is 20.4 Å². The average molecular weight is 447 g/mol. The number of hydrogen-bond acceptors (Lipinski definition) is 7. The van der Waals surface area contributed by atoms with E-state index < -0.39 is 9.84 Å². The van der Waals surface area contributed by atoms with Crippen LogP contribution >= 0.6 is 11.3 Å². The number of anilines is 1. The largest absolute Gasteiger partial charge is 0.493 e. The molecular formula is C21H22N2O5S2. The standard InChI is InChI=1S/C21H22N2O5S2/c1-27-18-9-8-16(12-19(18)28-2)17-13-29-21(22-17)23-20(24)10-11-30(25,26)14-15-6-4-3-5-7-15/h3-9,12-13H,10-11,14H2,1-2H3,(H,22,23,24). The Bertz CT molecular complexity index is 1110. The first kappa shape index (κ1) is 21.8. The van der Waals surface area contributed by atoms with Gasteiger partial charge >= 0.3 is 0 Å². The third kappa shape index (κ3) is 5.80. The number of ether oxygens (including phenoxy) is 2. The van der Waals surface area contributed by atoms with Gasteiger partial charge in [0.1, 0.15) is 0 Å². The number of aromatic nitrogens is 1. The van der Waals surface area contributed by atoms with Gasteiger partial charge in [-0.15, -0.1) is 11.3 Å². The summed E-state index contributed by atoms with van der Waals surface area (Å²) in [5, 5.41) is 4.88. The SMILES string of the molecule is COc1ccc(-c2csc(NC(=O)CCS(=O)(=O)Cc3ccccc3)n2)cc1OC. The molecule has 1 aromatic heterocycles. The zero-order valence-corrected chi connectivity index (χ0v) is 18.3. The molecule has 30 heavy (non-hydrogen) atoms. The van der Waals surface area contributed by atoms with Crippen LogP contribution in [0.1, 0.15) is 12.0 Å². The fourth-order valence-electron chi connectivity index (χ4n) is 2.79. The fourth-order valence-corrected chi connectivity index (χ4v) is 4.87. The molecule has 0 bridgehead atoms. The second-order valence-corrected chi connectivity index (χ2v) is 9.53. The van der Waals surface area contributed by atoms with Gasteiger partial charge in [-0.05, 0) is 23.8 Å². The quantitative estimate of drug-likeness (QED) is 0.538. The minimum absolute atomic E-state index is 0.0815. The van der Waals surface area contributed by atoms with E-state index in [0.29, 0.717) is 27.9 Å². The van der Waals surface area contributed by atoms with Gasteiger partial charge in [-0.3, -0.25) is 4.79 Å². The number of rotatable bonds is 9. The molecule has 1 heterocycles. The Balaban J connectivity index is 1.58. The van der Waals surface area contributed by atoms with Crippen molar-refractivity contribution >= 4 is 32.2 Å². The molecule has 0 radical (unpaired) electrons. The molecule has 0 spiro atoms. The number of carbonyl (C=O) groups excluding carboxylic acids is 1. The van der Waals surface area contributed by atoms with Crippen LogP contribution in [0.25, 0.3) is 11.3 Å². The highest BCUT2D eigenvalue weighted by Crippen LogP contribution is 2.33. The summed E-state index contributed by atoms with van der Waals surface area (Å²) in [6.07, 6.45) is -0.125. The number of nitrogens with one attached hydrogen (secondary N) is 1. The van der Waals surface area contributed by atoms with Crippen molar-refractivity contribution in [1.82, 2.24) is 4.98 Å².